The Labute approximate surface area is 108 Å². The largest absolute Gasteiger partial charge is 0.381 e. The maximum absolute atomic E-state index is 3.56. The minimum absolute atomic E-state index is 0.492. The second kappa shape index (κ2) is 5.35. The Kier molecular flexibility index (Phi) is 4.70. The van der Waals surface area contributed by atoms with E-state index in [1.54, 1.807) is 0 Å². The van der Waals surface area contributed by atoms with Gasteiger partial charge in [0.15, 0.2) is 0 Å². The van der Waals surface area contributed by atoms with E-state index in [0.717, 1.165) is 4.47 Å². The van der Waals surface area contributed by atoms with Gasteiger partial charge in [-0.15, -0.1) is 0 Å². The molecule has 0 spiro atoms. The molecule has 0 fully saturated rings. The van der Waals surface area contributed by atoms with Gasteiger partial charge in [0.05, 0.1) is 0 Å². The van der Waals surface area contributed by atoms with Gasteiger partial charge in [-0.2, -0.15) is 0 Å². The Morgan fingerprint density at radius 3 is 2.43 bits per heavy atom. The molecule has 1 N–H and O–H groups in total. The number of hydrogen-bond donors (Lipinski definition) is 1. The molecule has 1 aromatic carbocycles. The Bertz CT molecular complexity index is 312. The summed E-state index contributed by atoms with van der Waals surface area (Å²) in [6.45, 7) is 6.64. The van der Waals surface area contributed by atoms with Gasteiger partial charge < -0.3 is 5.32 Å². The summed E-state index contributed by atoms with van der Waals surface area (Å²) in [5.41, 5.74) is 1.17. The first-order chi connectivity index (χ1) is 6.50. The number of rotatable bonds is 3. The van der Waals surface area contributed by atoms with Crippen LogP contribution in [0.5, 0.6) is 0 Å². The fraction of sp³-hybridized carbons (Fsp3) is 0.455. The lowest BCUT2D eigenvalue weighted by molar-refractivity contribution is 0.560. The number of nitrogens with one attached hydrogen (secondary N) is 1. The minimum atomic E-state index is 0.492. The molecule has 0 aromatic heterocycles. The van der Waals surface area contributed by atoms with E-state index in [-0.39, 0.29) is 0 Å². The van der Waals surface area contributed by atoms with Gasteiger partial charge in [0.2, 0.25) is 0 Å². The summed E-state index contributed by atoms with van der Waals surface area (Å²) in [6.07, 6.45) is 0. The molecule has 0 saturated heterocycles. The topological polar surface area (TPSA) is 12.0 Å². The molecule has 1 unspecified atom stereocenters. The predicted octanol–water partition coefficient (Wildman–Crippen LogP) is 4.51. The van der Waals surface area contributed by atoms with Crippen LogP contribution < -0.4 is 5.32 Å². The highest BCUT2D eigenvalue weighted by atomic mass is 127. The van der Waals surface area contributed by atoms with E-state index < -0.39 is 0 Å². The van der Waals surface area contributed by atoms with Gasteiger partial charge in [-0.25, -0.2) is 0 Å². The van der Waals surface area contributed by atoms with E-state index in [0.29, 0.717) is 12.0 Å². The third-order valence-electron chi connectivity index (χ3n) is 2.31. The molecule has 1 atom stereocenters. The maximum Gasteiger partial charge on any atom is 0.0487 e. The Morgan fingerprint density at radius 1 is 1.29 bits per heavy atom. The summed E-state index contributed by atoms with van der Waals surface area (Å²) >= 11 is 5.87. The molecular formula is C11H15BrIN. The highest BCUT2D eigenvalue weighted by molar-refractivity contribution is 14.1. The molecule has 0 heterocycles. The number of benzene rings is 1. The third kappa shape index (κ3) is 3.42. The van der Waals surface area contributed by atoms with Crippen LogP contribution in [0.25, 0.3) is 0 Å². The molecule has 0 bridgehead atoms. The van der Waals surface area contributed by atoms with Crippen LogP contribution in [0.2, 0.25) is 0 Å². The SMILES string of the molecule is CC(C)C(C)Nc1ccc(I)cc1Br. The van der Waals surface area contributed by atoms with E-state index in [9.17, 15) is 0 Å². The normalized spacial score (nSPS) is 13.0. The average molecular weight is 368 g/mol. The number of anilines is 1. The van der Waals surface area contributed by atoms with Crippen LogP contribution in [0.15, 0.2) is 22.7 Å². The molecule has 14 heavy (non-hydrogen) atoms. The lowest BCUT2D eigenvalue weighted by Gasteiger charge is -2.19. The van der Waals surface area contributed by atoms with E-state index in [1.165, 1.54) is 9.26 Å². The summed E-state index contributed by atoms with van der Waals surface area (Å²) < 4.78 is 2.38. The highest BCUT2D eigenvalue weighted by Crippen LogP contribution is 2.25. The van der Waals surface area contributed by atoms with Crippen LogP contribution in [0.1, 0.15) is 20.8 Å². The Hall–Kier alpha value is 0.230. The van der Waals surface area contributed by atoms with Crippen LogP contribution in [0.4, 0.5) is 5.69 Å². The van der Waals surface area contributed by atoms with E-state index >= 15 is 0 Å². The summed E-state index contributed by atoms with van der Waals surface area (Å²) in [6, 6.07) is 6.84. The minimum Gasteiger partial charge on any atom is -0.381 e. The van der Waals surface area contributed by atoms with Crippen molar-refractivity contribution in [2.45, 2.75) is 26.8 Å². The fourth-order valence-electron chi connectivity index (χ4n) is 1.02. The zero-order chi connectivity index (χ0) is 10.7. The zero-order valence-electron chi connectivity index (χ0n) is 8.64. The second-order valence-electron chi connectivity index (χ2n) is 3.80. The lowest BCUT2D eigenvalue weighted by Crippen LogP contribution is -2.21. The molecule has 0 amide bonds. The van der Waals surface area contributed by atoms with E-state index in [2.05, 4.69) is 82.8 Å². The van der Waals surface area contributed by atoms with Crippen LogP contribution in [-0.4, -0.2) is 6.04 Å². The van der Waals surface area contributed by atoms with Gasteiger partial charge in [0.1, 0.15) is 0 Å². The average Bonchev–Trinajstić information content (AvgIpc) is 2.09. The summed E-state index contributed by atoms with van der Waals surface area (Å²) in [4.78, 5) is 0. The van der Waals surface area contributed by atoms with Crippen LogP contribution in [-0.2, 0) is 0 Å². The Balaban J connectivity index is 2.77. The first-order valence-electron chi connectivity index (χ1n) is 4.72. The summed E-state index contributed by atoms with van der Waals surface area (Å²) in [7, 11) is 0. The molecule has 0 radical (unpaired) electrons. The third-order valence-corrected chi connectivity index (χ3v) is 3.64. The van der Waals surface area contributed by atoms with Crippen molar-refractivity contribution in [1.29, 1.82) is 0 Å². The van der Waals surface area contributed by atoms with Crippen molar-refractivity contribution in [2.24, 2.45) is 5.92 Å². The smallest absolute Gasteiger partial charge is 0.0487 e. The van der Waals surface area contributed by atoms with Crippen molar-refractivity contribution < 1.29 is 0 Å². The quantitative estimate of drug-likeness (QED) is 0.775. The first kappa shape index (κ1) is 12.3. The molecule has 0 saturated carbocycles. The standard InChI is InChI=1S/C11H15BrIN/c1-7(2)8(3)14-11-5-4-9(13)6-10(11)12/h4-8,14H,1-3H3. The van der Waals surface area contributed by atoms with Gasteiger partial charge >= 0.3 is 0 Å². The van der Waals surface area contributed by atoms with Crippen LogP contribution in [0.3, 0.4) is 0 Å². The Morgan fingerprint density at radius 2 is 1.93 bits per heavy atom. The first-order valence-corrected chi connectivity index (χ1v) is 6.59. The van der Waals surface area contributed by atoms with Gasteiger partial charge in [-0.1, -0.05) is 13.8 Å². The molecule has 1 aromatic rings. The monoisotopic (exact) mass is 367 g/mol. The van der Waals surface area contributed by atoms with Crippen molar-refractivity contribution in [3.05, 3.63) is 26.2 Å². The second-order valence-corrected chi connectivity index (χ2v) is 5.90. The molecule has 1 nitrogen and oxygen atoms in total. The molecule has 0 aliphatic carbocycles. The van der Waals surface area contributed by atoms with Crippen molar-refractivity contribution in [1.82, 2.24) is 0 Å². The molecule has 78 valence electrons. The number of hydrogen-bond acceptors (Lipinski definition) is 1. The molecule has 0 aliphatic heterocycles. The van der Waals surface area contributed by atoms with Crippen molar-refractivity contribution in [2.75, 3.05) is 5.32 Å². The van der Waals surface area contributed by atoms with E-state index in [4.69, 9.17) is 0 Å². The van der Waals surface area contributed by atoms with Crippen LogP contribution in [0, 0.1) is 9.49 Å². The van der Waals surface area contributed by atoms with Gasteiger partial charge in [-0.05, 0) is 69.6 Å². The lowest BCUT2D eigenvalue weighted by atomic mass is 10.1. The number of halogens is 2. The predicted molar refractivity (Wildman–Crippen MR) is 74.8 cm³/mol. The summed E-state index contributed by atoms with van der Waals surface area (Å²) in [5.74, 6) is 0.640. The fourth-order valence-corrected chi connectivity index (χ4v) is 2.43. The van der Waals surface area contributed by atoms with Gasteiger partial charge in [-0.3, -0.25) is 0 Å². The molecule has 0 aliphatic rings. The highest BCUT2D eigenvalue weighted by Gasteiger charge is 2.08. The van der Waals surface area contributed by atoms with Crippen molar-refractivity contribution in [3.8, 4) is 0 Å². The van der Waals surface area contributed by atoms with Gasteiger partial charge in [0.25, 0.3) is 0 Å². The zero-order valence-corrected chi connectivity index (χ0v) is 12.4. The van der Waals surface area contributed by atoms with E-state index in [1.807, 2.05) is 0 Å². The molecular weight excluding hydrogens is 353 g/mol. The van der Waals surface area contributed by atoms with Crippen molar-refractivity contribution >= 4 is 44.2 Å². The molecule has 1 rings (SSSR count). The van der Waals surface area contributed by atoms with Gasteiger partial charge in [0, 0.05) is 19.8 Å². The summed E-state index contributed by atoms with van der Waals surface area (Å²) in [5, 5.41) is 3.49. The van der Waals surface area contributed by atoms with Crippen LogP contribution >= 0.6 is 38.5 Å². The maximum atomic E-state index is 3.56. The van der Waals surface area contributed by atoms with Crippen molar-refractivity contribution in [3.63, 3.8) is 0 Å². The molecule has 3 heteroatoms.